The number of hydrogen-bond acceptors (Lipinski definition) is 3. The number of nitrogens with one attached hydrogen (secondary N) is 4. The van der Waals surface area contributed by atoms with Crippen molar-refractivity contribution in [3.8, 4) is 0 Å². The van der Waals surface area contributed by atoms with E-state index < -0.39 is 5.54 Å². The molecule has 0 saturated carbocycles. The van der Waals surface area contributed by atoms with E-state index in [4.69, 9.17) is 17.0 Å². The molecule has 1 saturated heterocycles. The van der Waals surface area contributed by atoms with Gasteiger partial charge in [-0.25, -0.2) is 4.79 Å². The molecule has 0 bridgehead atoms. The summed E-state index contributed by atoms with van der Waals surface area (Å²) in [4.78, 5) is 25.5. The lowest BCUT2D eigenvalue weighted by Gasteiger charge is -2.22. The second-order valence-corrected chi connectivity index (χ2v) is 5.98. The Labute approximate surface area is 139 Å². The lowest BCUT2D eigenvalue weighted by atomic mass is 10.0. The summed E-state index contributed by atoms with van der Waals surface area (Å²) in [5.74, 6) is -0.255. The first kappa shape index (κ1) is 17.1. The minimum absolute atomic E-state index is 0.00942. The van der Waals surface area contributed by atoms with Gasteiger partial charge in [0.05, 0.1) is 13.1 Å². The van der Waals surface area contributed by atoms with E-state index >= 15 is 0 Å². The van der Waals surface area contributed by atoms with Gasteiger partial charge in [0, 0.05) is 11.6 Å². The summed E-state index contributed by atoms with van der Waals surface area (Å²) in [7, 11) is 0. The van der Waals surface area contributed by atoms with E-state index in [0.717, 1.165) is 5.56 Å². The van der Waals surface area contributed by atoms with E-state index in [0.29, 0.717) is 11.6 Å². The highest BCUT2D eigenvalue weighted by Crippen LogP contribution is 2.20. The van der Waals surface area contributed by atoms with Crippen molar-refractivity contribution in [2.24, 2.45) is 0 Å². The third-order valence-corrected chi connectivity index (χ3v) is 3.79. The molecule has 1 aliphatic rings. The van der Waals surface area contributed by atoms with Crippen LogP contribution in [0.3, 0.4) is 0 Å². The number of carbonyl (C=O) groups excluding carboxylic acids is 2. The van der Waals surface area contributed by atoms with Gasteiger partial charge in [-0.1, -0.05) is 23.7 Å². The van der Waals surface area contributed by atoms with Gasteiger partial charge >= 0.3 is 6.03 Å². The molecular formula is C15H20ClN5O2. The summed E-state index contributed by atoms with van der Waals surface area (Å²) in [5.41, 5.74) is -0.209. The zero-order valence-corrected chi connectivity index (χ0v) is 13.8. The molecule has 124 valence electrons. The first-order valence-corrected chi connectivity index (χ1v) is 7.68. The van der Waals surface area contributed by atoms with E-state index in [1.165, 1.54) is 4.90 Å². The summed E-state index contributed by atoms with van der Waals surface area (Å²) in [6.45, 7) is 4.31. The van der Waals surface area contributed by atoms with Crippen LogP contribution >= 0.6 is 11.6 Å². The summed E-state index contributed by atoms with van der Waals surface area (Å²) in [6.07, 6.45) is 0. The van der Waals surface area contributed by atoms with Gasteiger partial charge in [-0.05, 0) is 31.5 Å². The quantitative estimate of drug-likeness (QED) is 0.651. The van der Waals surface area contributed by atoms with Gasteiger partial charge in [-0.3, -0.25) is 15.1 Å². The molecule has 1 heterocycles. The highest BCUT2D eigenvalue weighted by Gasteiger charge is 2.45. The van der Waals surface area contributed by atoms with Crippen LogP contribution < -0.4 is 16.0 Å². The molecule has 0 aromatic heterocycles. The molecule has 0 spiro atoms. The Kier molecular flexibility index (Phi) is 5.10. The maximum Gasteiger partial charge on any atom is 0.314 e. The standard InChI is InChI=1S/C15H20ClN5O2/c1-3-18-14(23)19-9-15(2)12(22)21(13(17)20-15)8-10-5-4-6-11(16)7-10/h4-7H,3,8-9H2,1-2H3,(H2,17,20)(H2,18,19,23). The molecule has 1 aromatic carbocycles. The van der Waals surface area contributed by atoms with Gasteiger partial charge in [0.2, 0.25) is 0 Å². The Morgan fingerprint density at radius 3 is 2.83 bits per heavy atom. The van der Waals surface area contributed by atoms with E-state index in [1.807, 2.05) is 13.0 Å². The van der Waals surface area contributed by atoms with Crippen LogP contribution in [-0.4, -0.2) is 41.4 Å². The number of carbonyl (C=O) groups is 2. The summed E-state index contributed by atoms with van der Waals surface area (Å²) in [5, 5.41) is 16.7. The van der Waals surface area contributed by atoms with Gasteiger partial charge in [-0.2, -0.15) is 0 Å². The Morgan fingerprint density at radius 1 is 1.43 bits per heavy atom. The average Bonchev–Trinajstić information content (AvgIpc) is 2.70. The predicted molar refractivity (Wildman–Crippen MR) is 88.3 cm³/mol. The van der Waals surface area contributed by atoms with Gasteiger partial charge in [0.25, 0.3) is 5.91 Å². The van der Waals surface area contributed by atoms with E-state index in [1.54, 1.807) is 25.1 Å². The molecule has 1 aromatic rings. The van der Waals surface area contributed by atoms with Crippen LogP contribution in [0.4, 0.5) is 4.79 Å². The number of nitrogens with zero attached hydrogens (tertiary/aromatic N) is 1. The maximum absolute atomic E-state index is 12.6. The SMILES string of the molecule is CCNC(=O)NCC1(C)NC(=N)N(Cc2cccc(Cl)c2)C1=O. The minimum Gasteiger partial charge on any atom is -0.340 e. The normalized spacial score (nSPS) is 20.4. The minimum atomic E-state index is -1.04. The molecule has 1 fully saturated rings. The lowest BCUT2D eigenvalue weighted by Crippen LogP contribution is -2.54. The first-order valence-electron chi connectivity index (χ1n) is 7.30. The van der Waals surface area contributed by atoms with Crippen LogP contribution in [0, 0.1) is 5.41 Å². The van der Waals surface area contributed by atoms with Crippen molar-refractivity contribution in [1.82, 2.24) is 20.9 Å². The fourth-order valence-corrected chi connectivity index (χ4v) is 2.56. The largest absolute Gasteiger partial charge is 0.340 e. The van der Waals surface area contributed by atoms with Gasteiger partial charge < -0.3 is 16.0 Å². The van der Waals surface area contributed by atoms with Crippen LogP contribution in [0.5, 0.6) is 0 Å². The molecular weight excluding hydrogens is 318 g/mol. The number of guanidine groups is 1. The fraction of sp³-hybridized carbons (Fsp3) is 0.400. The molecule has 8 heteroatoms. The van der Waals surface area contributed by atoms with Crippen molar-refractivity contribution in [3.05, 3.63) is 34.9 Å². The van der Waals surface area contributed by atoms with Crippen LogP contribution in [0.25, 0.3) is 0 Å². The summed E-state index contributed by atoms with van der Waals surface area (Å²) < 4.78 is 0. The Balaban J connectivity index is 2.05. The second-order valence-electron chi connectivity index (χ2n) is 5.54. The molecule has 0 radical (unpaired) electrons. The second kappa shape index (κ2) is 6.87. The smallest absolute Gasteiger partial charge is 0.314 e. The maximum atomic E-state index is 12.6. The number of benzene rings is 1. The molecule has 2 rings (SSSR count). The Bertz CT molecular complexity index is 636. The van der Waals surface area contributed by atoms with Crippen LogP contribution in [0.1, 0.15) is 19.4 Å². The number of amides is 3. The Morgan fingerprint density at radius 2 is 2.17 bits per heavy atom. The van der Waals surface area contributed by atoms with Crippen molar-refractivity contribution in [1.29, 1.82) is 5.41 Å². The third-order valence-electron chi connectivity index (χ3n) is 3.55. The number of halogens is 1. The highest BCUT2D eigenvalue weighted by atomic mass is 35.5. The van der Waals surface area contributed by atoms with Gasteiger partial charge in [-0.15, -0.1) is 0 Å². The predicted octanol–water partition coefficient (Wildman–Crippen LogP) is 1.28. The first-order chi connectivity index (χ1) is 10.9. The zero-order valence-electron chi connectivity index (χ0n) is 13.1. The highest BCUT2D eigenvalue weighted by molar-refractivity contribution is 6.30. The molecule has 4 N–H and O–H groups in total. The van der Waals surface area contributed by atoms with Gasteiger partial charge in [0.15, 0.2) is 5.96 Å². The molecule has 1 unspecified atom stereocenters. The van der Waals surface area contributed by atoms with Crippen molar-refractivity contribution < 1.29 is 9.59 Å². The molecule has 3 amide bonds. The molecule has 7 nitrogen and oxygen atoms in total. The van der Waals surface area contributed by atoms with Crippen molar-refractivity contribution in [3.63, 3.8) is 0 Å². The molecule has 23 heavy (non-hydrogen) atoms. The van der Waals surface area contributed by atoms with Crippen LogP contribution in [0.2, 0.25) is 5.02 Å². The fourth-order valence-electron chi connectivity index (χ4n) is 2.35. The monoisotopic (exact) mass is 337 g/mol. The number of urea groups is 1. The lowest BCUT2D eigenvalue weighted by molar-refractivity contribution is -0.130. The molecule has 1 aliphatic heterocycles. The topological polar surface area (TPSA) is 97.3 Å². The number of hydrogen-bond donors (Lipinski definition) is 4. The van der Waals surface area contributed by atoms with E-state index in [9.17, 15) is 9.59 Å². The third kappa shape index (κ3) is 3.92. The van der Waals surface area contributed by atoms with Crippen LogP contribution in [-0.2, 0) is 11.3 Å². The van der Waals surface area contributed by atoms with Crippen LogP contribution in [0.15, 0.2) is 24.3 Å². The van der Waals surface area contributed by atoms with E-state index in [2.05, 4.69) is 16.0 Å². The van der Waals surface area contributed by atoms with Crippen molar-refractivity contribution >= 4 is 29.5 Å². The number of rotatable bonds is 5. The average molecular weight is 338 g/mol. The van der Waals surface area contributed by atoms with Gasteiger partial charge in [0.1, 0.15) is 5.54 Å². The molecule has 0 aliphatic carbocycles. The molecule has 1 atom stereocenters. The summed E-state index contributed by atoms with van der Waals surface area (Å²) in [6, 6.07) is 6.80. The van der Waals surface area contributed by atoms with Crippen molar-refractivity contribution in [2.45, 2.75) is 25.9 Å². The van der Waals surface area contributed by atoms with Crippen molar-refractivity contribution in [2.75, 3.05) is 13.1 Å². The Hall–Kier alpha value is -2.28. The summed E-state index contributed by atoms with van der Waals surface area (Å²) >= 11 is 5.95. The van der Waals surface area contributed by atoms with E-state index in [-0.39, 0.29) is 31.0 Å². The zero-order chi connectivity index (χ0) is 17.0.